The summed E-state index contributed by atoms with van der Waals surface area (Å²) in [5, 5.41) is 10.3. The molecule has 2 nitrogen and oxygen atoms in total. The number of thiazole rings is 1. The molecule has 2 rings (SSSR count). The predicted octanol–water partition coefficient (Wildman–Crippen LogP) is 3.04. The molecule has 2 aromatic rings. The summed E-state index contributed by atoms with van der Waals surface area (Å²) < 4.78 is 0. The number of aryl methyl sites for hydroxylation is 4. The third-order valence-electron chi connectivity index (χ3n) is 2.95. The molecule has 1 N–H and O–H groups in total. The Morgan fingerprint density at radius 2 is 1.94 bits per heavy atom. The van der Waals surface area contributed by atoms with Gasteiger partial charge in [-0.1, -0.05) is 24.3 Å². The maximum atomic E-state index is 9.13. The SMILES string of the molecule is Cc1ccccc1CCc1nc(C)c(CO)s1. The molecular formula is C14H17NOS. The maximum Gasteiger partial charge on any atom is 0.0935 e. The largest absolute Gasteiger partial charge is 0.391 e. The summed E-state index contributed by atoms with van der Waals surface area (Å²) in [6, 6.07) is 8.45. The summed E-state index contributed by atoms with van der Waals surface area (Å²) in [6.45, 7) is 4.20. The lowest BCUT2D eigenvalue weighted by atomic mass is 10.0. The van der Waals surface area contributed by atoms with Crippen LogP contribution in [0, 0.1) is 13.8 Å². The molecule has 17 heavy (non-hydrogen) atoms. The molecule has 0 saturated heterocycles. The Labute approximate surface area is 106 Å². The van der Waals surface area contributed by atoms with Crippen LogP contribution >= 0.6 is 11.3 Å². The molecule has 0 aliphatic heterocycles. The molecule has 0 radical (unpaired) electrons. The lowest BCUT2D eigenvalue weighted by molar-refractivity contribution is 0.284. The number of aliphatic hydroxyl groups is 1. The van der Waals surface area contributed by atoms with Crippen molar-refractivity contribution in [2.75, 3.05) is 0 Å². The van der Waals surface area contributed by atoms with Crippen LogP contribution in [-0.4, -0.2) is 10.1 Å². The minimum atomic E-state index is 0.105. The third-order valence-corrected chi connectivity index (χ3v) is 4.15. The van der Waals surface area contributed by atoms with Crippen molar-refractivity contribution in [3.05, 3.63) is 51.0 Å². The second-order valence-electron chi connectivity index (χ2n) is 4.20. The fourth-order valence-corrected chi connectivity index (χ4v) is 2.80. The first-order chi connectivity index (χ1) is 8.20. The molecule has 0 fully saturated rings. The van der Waals surface area contributed by atoms with Crippen LogP contribution in [0.2, 0.25) is 0 Å². The number of benzene rings is 1. The van der Waals surface area contributed by atoms with Crippen molar-refractivity contribution in [2.45, 2.75) is 33.3 Å². The molecule has 1 heterocycles. The molecule has 0 aliphatic carbocycles. The van der Waals surface area contributed by atoms with E-state index in [4.69, 9.17) is 5.11 Å². The van der Waals surface area contributed by atoms with Crippen LogP contribution < -0.4 is 0 Å². The molecule has 0 spiro atoms. The molecule has 0 amide bonds. The molecule has 0 unspecified atom stereocenters. The first kappa shape index (κ1) is 12.3. The van der Waals surface area contributed by atoms with Crippen molar-refractivity contribution >= 4 is 11.3 Å². The van der Waals surface area contributed by atoms with E-state index in [2.05, 4.69) is 36.2 Å². The number of hydrogen-bond acceptors (Lipinski definition) is 3. The topological polar surface area (TPSA) is 33.1 Å². The van der Waals surface area contributed by atoms with Gasteiger partial charge in [0.25, 0.3) is 0 Å². The molecule has 0 saturated carbocycles. The number of nitrogens with zero attached hydrogens (tertiary/aromatic N) is 1. The second-order valence-corrected chi connectivity index (χ2v) is 5.37. The highest BCUT2D eigenvalue weighted by Crippen LogP contribution is 2.20. The minimum absolute atomic E-state index is 0.105. The van der Waals surface area contributed by atoms with Gasteiger partial charge in [0.2, 0.25) is 0 Å². The van der Waals surface area contributed by atoms with Crippen LogP contribution in [0.4, 0.5) is 0 Å². The molecule has 0 aliphatic rings. The highest BCUT2D eigenvalue weighted by atomic mass is 32.1. The van der Waals surface area contributed by atoms with Gasteiger partial charge in [-0.3, -0.25) is 0 Å². The van der Waals surface area contributed by atoms with Gasteiger partial charge in [0.05, 0.1) is 22.2 Å². The molecule has 3 heteroatoms. The van der Waals surface area contributed by atoms with Gasteiger partial charge in [-0.05, 0) is 31.4 Å². The zero-order valence-corrected chi connectivity index (χ0v) is 11.0. The molecule has 0 atom stereocenters. The molecule has 0 bridgehead atoms. The summed E-state index contributed by atoms with van der Waals surface area (Å²) in [5.41, 5.74) is 3.69. The number of aliphatic hydroxyl groups excluding tert-OH is 1. The van der Waals surface area contributed by atoms with Gasteiger partial charge in [0, 0.05) is 6.42 Å². The Morgan fingerprint density at radius 3 is 2.59 bits per heavy atom. The maximum absolute atomic E-state index is 9.13. The normalized spacial score (nSPS) is 10.8. The molecule has 1 aromatic heterocycles. The van der Waals surface area contributed by atoms with Gasteiger partial charge in [0.1, 0.15) is 0 Å². The number of rotatable bonds is 4. The standard InChI is InChI=1S/C14H17NOS/c1-10-5-3-4-6-12(10)7-8-14-15-11(2)13(9-16)17-14/h3-6,16H,7-9H2,1-2H3. The Kier molecular flexibility index (Phi) is 3.92. The van der Waals surface area contributed by atoms with Crippen molar-refractivity contribution in [3.63, 3.8) is 0 Å². The first-order valence-corrected chi connectivity index (χ1v) is 6.63. The van der Waals surface area contributed by atoms with Gasteiger partial charge in [-0.25, -0.2) is 4.98 Å². The first-order valence-electron chi connectivity index (χ1n) is 5.81. The molecular weight excluding hydrogens is 230 g/mol. The fourth-order valence-electron chi connectivity index (χ4n) is 1.87. The van der Waals surface area contributed by atoms with E-state index in [-0.39, 0.29) is 6.61 Å². The Hall–Kier alpha value is -1.19. The van der Waals surface area contributed by atoms with Gasteiger partial charge >= 0.3 is 0 Å². The van der Waals surface area contributed by atoms with Crippen LogP contribution in [0.15, 0.2) is 24.3 Å². The zero-order valence-electron chi connectivity index (χ0n) is 10.2. The van der Waals surface area contributed by atoms with E-state index in [1.165, 1.54) is 11.1 Å². The summed E-state index contributed by atoms with van der Waals surface area (Å²) in [4.78, 5) is 5.48. The highest BCUT2D eigenvalue weighted by molar-refractivity contribution is 7.11. The third kappa shape index (κ3) is 2.93. The second kappa shape index (κ2) is 5.43. The van der Waals surface area contributed by atoms with E-state index in [9.17, 15) is 0 Å². The van der Waals surface area contributed by atoms with E-state index in [1.54, 1.807) is 11.3 Å². The lowest BCUT2D eigenvalue weighted by Crippen LogP contribution is -1.93. The van der Waals surface area contributed by atoms with Crippen molar-refractivity contribution in [3.8, 4) is 0 Å². The van der Waals surface area contributed by atoms with Crippen LogP contribution in [0.1, 0.15) is 26.7 Å². The van der Waals surface area contributed by atoms with E-state index < -0.39 is 0 Å². The minimum Gasteiger partial charge on any atom is -0.391 e. The number of hydrogen-bond donors (Lipinski definition) is 1. The van der Waals surface area contributed by atoms with Crippen LogP contribution in [0.25, 0.3) is 0 Å². The van der Waals surface area contributed by atoms with Crippen LogP contribution in [0.3, 0.4) is 0 Å². The van der Waals surface area contributed by atoms with Crippen LogP contribution in [-0.2, 0) is 19.4 Å². The van der Waals surface area contributed by atoms with Gasteiger partial charge in [-0.2, -0.15) is 0 Å². The molecule has 90 valence electrons. The van der Waals surface area contributed by atoms with Crippen molar-refractivity contribution < 1.29 is 5.11 Å². The summed E-state index contributed by atoms with van der Waals surface area (Å²) in [6.07, 6.45) is 1.97. The quantitative estimate of drug-likeness (QED) is 0.901. The van der Waals surface area contributed by atoms with Crippen molar-refractivity contribution in [1.29, 1.82) is 0 Å². The average Bonchev–Trinajstić information content (AvgIpc) is 2.69. The van der Waals surface area contributed by atoms with E-state index in [0.717, 1.165) is 28.4 Å². The van der Waals surface area contributed by atoms with Gasteiger partial charge in [0.15, 0.2) is 0 Å². The van der Waals surface area contributed by atoms with Gasteiger partial charge in [-0.15, -0.1) is 11.3 Å². The Morgan fingerprint density at radius 1 is 1.18 bits per heavy atom. The predicted molar refractivity (Wildman–Crippen MR) is 71.4 cm³/mol. The van der Waals surface area contributed by atoms with E-state index in [0.29, 0.717) is 0 Å². The summed E-state index contributed by atoms with van der Waals surface area (Å²) >= 11 is 1.62. The fraction of sp³-hybridized carbons (Fsp3) is 0.357. The lowest BCUT2D eigenvalue weighted by Gasteiger charge is -2.03. The van der Waals surface area contributed by atoms with Crippen LogP contribution in [0.5, 0.6) is 0 Å². The van der Waals surface area contributed by atoms with Crippen molar-refractivity contribution in [1.82, 2.24) is 4.98 Å². The summed E-state index contributed by atoms with van der Waals surface area (Å²) in [5.74, 6) is 0. The van der Waals surface area contributed by atoms with Crippen molar-refractivity contribution in [2.24, 2.45) is 0 Å². The van der Waals surface area contributed by atoms with E-state index >= 15 is 0 Å². The average molecular weight is 247 g/mol. The number of aromatic nitrogens is 1. The van der Waals surface area contributed by atoms with Gasteiger partial charge < -0.3 is 5.11 Å². The summed E-state index contributed by atoms with van der Waals surface area (Å²) in [7, 11) is 0. The Balaban J connectivity index is 2.05. The zero-order chi connectivity index (χ0) is 12.3. The van der Waals surface area contributed by atoms with E-state index in [1.807, 2.05) is 6.92 Å². The Bertz CT molecular complexity index is 505. The molecule has 1 aromatic carbocycles. The smallest absolute Gasteiger partial charge is 0.0935 e. The monoisotopic (exact) mass is 247 g/mol. The highest BCUT2D eigenvalue weighted by Gasteiger charge is 2.07.